The van der Waals surface area contributed by atoms with Crippen molar-refractivity contribution in [1.29, 1.82) is 0 Å². The van der Waals surface area contributed by atoms with E-state index in [1.807, 2.05) is 93.6 Å². The highest BCUT2D eigenvalue weighted by Crippen LogP contribution is 2.13. The van der Waals surface area contributed by atoms with Crippen molar-refractivity contribution in [3.8, 4) is 0 Å². The fourth-order valence-electron chi connectivity index (χ4n) is 2.73. The molecule has 3 rings (SSSR count). The van der Waals surface area contributed by atoms with Crippen molar-refractivity contribution in [2.45, 2.75) is 20.8 Å². The number of halogens is 3. The van der Waals surface area contributed by atoms with Gasteiger partial charge in [0.2, 0.25) is 0 Å². The molecule has 2 N–H and O–H groups in total. The van der Waals surface area contributed by atoms with Gasteiger partial charge >= 0.3 is 0 Å². The maximum Gasteiger partial charge on any atom is 0.257 e. The Morgan fingerprint density at radius 2 is 0.824 bits per heavy atom. The van der Waals surface area contributed by atoms with E-state index in [2.05, 4.69) is 79.0 Å². The lowest BCUT2D eigenvalue weighted by molar-refractivity contribution is 0.881. The number of nitrogens with zero attached hydrogens (tertiary/aromatic N) is 4. The molecule has 34 heavy (non-hydrogen) atoms. The lowest BCUT2D eigenvalue weighted by atomic mass is 10.1. The Kier molecular flexibility index (Phi) is 9.74. The molecule has 0 saturated heterocycles. The summed E-state index contributed by atoms with van der Waals surface area (Å²) in [6.07, 6.45) is 0. The summed E-state index contributed by atoms with van der Waals surface area (Å²) in [6.45, 7) is 5.73. The van der Waals surface area contributed by atoms with Gasteiger partial charge in [-0.1, -0.05) is 84.2 Å². The maximum atomic E-state index is 4.46. The summed E-state index contributed by atoms with van der Waals surface area (Å²) in [4.78, 5) is 0. The largest absolute Gasteiger partial charge is 0.257 e. The molecule has 0 atom stereocenters. The summed E-state index contributed by atoms with van der Waals surface area (Å²) in [5.41, 5.74) is 11.2. The summed E-state index contributed by atoms with van der Waals surface area (Å²) in [5, 5.41) is 17.6. The third-order valence-corrected chi connectivity index (χ3v) is 6.33. The van der Waals surface area contributed by atoms with Crippen LogP contribution in [-0.4, -0.2) is 23.1 Å². The highest BCUT2D eigenvalue weighted by atomic mass is 79.9. The van der Waals surface area contributed by atoms with E-state index >= 15 is 0 Å². The van der Waals surface area contributed by atoms with Crippen LogP contribution in [0.5, 0.6) is 0 Å². The first-order chi connectivity index (χ1) is 16.3. The molecule has 9 heteroatoms. The van der Waals surface area contributed by atoms with Crippen molar-refractivity contribution in [1.82, 2.24) is 10.9 Å². The maximum absolute atomic E-state index is 4.46. The average molecular weight is 647 g/mol. The Morgan fingerprint density at radius 1 is 0.500 bits per heavy atom. The van der Waals surface area contributed by atoms with Crippen LogP contribution in [0.2, 0.25) is 0 Å². The van der Waals surface area contributed by atoms with Crippen molar-refractivity contribution in [2.24, 2.45) is 20.4 Å². The van der Waals surface area contributed by atoms with Gasteiger partial charge in [0.15, 0.2) is 0 Å². The third kappa shape index (κ3) is 8.00. The van der Waals surface area contributed by atoms with Gasteiger partial charge in [-0.15, -0.1) is 5.10 Å². The van der Waals surface area contributed by atoms with Gasteiger partial charge in [0.25, 0.3) is 5.96 Å². The van der Waals surface area contributed by atoms with E-state index in [0.717, 1.165) is 47.2 Å². The number of benzene rings is 3. The van der Waals surface area contributed by atoms with Gasteiger partial charge in [-0.2, -0.15) is 15.3 Å². The molecule has 174 valence electrons. The molecule has 0 aromatic heterocycles. The van der Waals surface area contributed by atoms with Crippen LogP contribution in [0.3, 0.4) is 0 Å². The first-order valence-electron chi connectivity index (χ1n) is 10.3. The SMILES string of the molecule is CC(=NN=C(NN=C(C)c1ccc(Br)cc1)NN=C(C)c1ccc(Br)cc1)c1ccc(Br)cc1. The zero-order chi connectivity index (χ0) is 24.5. The molecular formula is C25H23Br3N6. The minimum atomic E-state index is 0.296. The number of hydrazone groups is 2. The van der Waals surface area contributed by atoms with E-state index in [-0.39, 0.29) is 0 Å². The van der Waals surface area contributed by atoms with Crippen LogP contribution in [0.4, 0.5) is 0 Å². The Bertz CT molecular complexity index is 1160. The molecule has 3 aromatic rings. The first kappa shape index (κ1) is 26.0. The Hall–Kier alpha value is -2.62. The standard InChI is InChI=1S/C25H23Br3N6/c1-16(19-4-10-22(26)11-5-19)29-32-25(33-30-17(2)20-6-12-23(27)13-7-20)34-31-18(3)21-8-14-24(28)15-9-21/h4-15H,1-3H3,(H2,32,33,34). The van der Waals surface area contributed by atoms with Gasteiger partial charge in [0.1, 0.15) is 0 Å². The van der Waals surface area contributed by atoms with Crippen LogP contribution in [-0.2, 0) is 0 Å². The molecule has 0 unspecified atom stereocenters. The van der Waals surface area contributed by atoms with Gasteiger partial charge in [0.05, 0.1) is 17.1 Å². The summed E-state index contributed by atoms with van der Waals surface area (Å²) in [5.74, 6) is 0.296. The number of hydrogen-bond donors (Lipinski definition) is 2. The number of rotatable bonds is 6. The molecule has 0 bridgehead atoms. The zero-order valence-corrected chi connectivity index (χ0v) is 23.6. The van der Waals surface area contributed by atoms with E-state index in [9.17, 15) is 0 Å². The Labute approximate surface area is 224 Å². The van der Waals surface area contributed by atoms with Crippen LogP contribution >= 0.6 is 47.8 Å². The van der Waals surface area contributed by atoms with Gasteiger partial charge < -0.3 is 0 Å². The lowest BCUT2D eigenvalue weighted by Crippen LogP contribution is -2.32. The van der Waals surface area contributed by atoms with Crippen molar-refractivity contribution < 1.29 is 0 Å². The summed E-state index contributed by atoms with van der Waals surface area (Å²) in [6, 6.07) is 23.7. The highest BCUT2D eigenvalue weighted by molar-refractivity contribution is 9.11. The lowest BCUT2D eigenvalue weighted by Gasteiger charge is -2.07. The van der Waals surface area contributed by atoms with Gasteiger partial charge in [0, 0.05) is 13.4 Å². The van der Waals surface area contributed by atoms with Gasteiger partial charge in [-0.3, -0.25) is 0 Å². The summed E-state index contributed by atoms with van der Waals surface area (Å²) >= 11 is 10.4. The second-order valence-corrected chi connectivity index (χ2v) is 10.0. The normalized spacial score (nSPS) is 12.4. The molecule has 0 aliphatic rings. The molecule has 0 aliphatic carbocycles. The van der Waals surface area contributed by atoms with Crippen LogP contribution in [0.25, 0.3) is 0 Å². The van der Waals surface area contributed by atoms with Crippen LogP contribution < -0.4 is 10.9 Å². The van der Waals surface area contributed by atoms with Crippen molar-refractivity contribution >= 4 is 70.9 Å². The van der Waals surface area contributed by atoms with Crippen LogP contribution in [0, 0.1) is 0 Å². The van der Waals surface area contributed by atoms with Crippen LogP contribution in [0.1, 0.15) is 37.5 Å². The average Bonchev–Trinajstić information content (AvgIpc) is 2.84. The summed E-state index contributed by atoms with van der Waals surface area (Å²) < 4.78 is 3.03. The molecule has 0 radical (unpaired) electrons. The molecule has 0 fully saturated rings. The highest BCUT2D eigenvalue weighted by Gasteiger charge is 2.03. The van der Waals surface area contributed by atoms with E-state index in [1.54, 1.807) is 0 Å². The van der Waals surface area contributed by atoms with Crippen molar-refractivity contribution in [2.75, 3.05) is 0 Å². The predicted molar refractivity (Wildman–Crippen MR) is 153 cm³/mol. The molecule has 0 heterocycles. The van der Waals surface area contributed by atoms with E-state index in [1.165, 1.54) is 0 Å². The third-order valence-electron chi connectivity index (χ3n) is 4.75. The predicted octanol–water partition coefficient (Wildman–Crippen LogP) is 7.08. The fourth-order valence-corrected chi connectivity index (χ4v) is 3.52. The zero-order valence-electron chi connectivity index (χ0n) is 18.9. The second-order valence-electron chi connectivity index (χ2n) is 7.27. The second kappa shape index (κ2) is 12.7. The molecule has 0 saturated carbocycles. The van der Waals surface area contributed by atoms with E-state index in [0.29, 0.717) is 5.96 Å². The Balaban J connectivity index is 1.84. The number of guanidine groups is 1. The molecule has 6 nitrogen and oxygen atoms in total. The summed E-state index contributed by atoms with van der Waals surface area (Å²) in [7, 11) is 0. The molecule has 0 amide bonds. The molecule has 3 aromatic carbocycles. The van der Waals surface area contributed by atoms with Gasteiger partial charge in [-0.05, 0) is 73.9 Å². The van der Waals surface area contributed by atoms with Crippen molar-refractivity contribution in [3.05, 3.63) is 103 Å². The van der Waals surface area contributed by atoms with Crippen LogP contribution in [0.15, 0.2) is 107 Å². The van der Waals surface area contributed by atoms with E-state index in [4.69, 9.17) is 0 Å². The smallest absolute Gasteiger partial charge is 0.244 e. The van der Waals surface area contributed by atoms with E-state index < -0.39 is 0 Å². The molecule has 0 spiro atoms. The van der Waals surface area contributed by atoms with Crippen molar-refractivity contribution in [3.63, 3.8) is 0 Å². The molecule has 0 aliphatic heterocycles. The first-order valence-corrected chi connectivity index (χ1v) is 12.7. The number of nitrogens with one attached hydrogen (secondary N) is 2. The fraction of sp³-hybridized carbons (Fsp3) is 0.120. The molecular weight excluding hydrogens is 624 g/mol. The van der Waals surface area contributed by atoms with Gasteiger partial charge in [-0.25, -0.2) is 10.9 Å². The Morgan fingerprint density at radius 3 is 1.18 bits per heavy atom. The minimum absolute atomic E-state index is 0.296. The minimum Gasteiger partial charge on any atom is -0.244 e. The topological polar surface area (TPSA) is 73.5 Å². The monoisotopic (exact) mass is 644 g/mol. The number of hydrogen-bond acceptors (Lipinski definition) is 4. The quantitative estimate of drug-likeness (QED) is 0.171.